The first-order valence-corrected chi connectivity index (χ1v) is 12.0. The number of nitrogens with one attached hydrogen (secondary N) is 1. The third-order valence-electron chi connectivity index (χ3n) is 6.58. The maximum absolute atomic E-state index is 5.92. The van der Waals surface area contributed by atoms with E-state index in [2.05, 4.69) is 83.9 Å². The van der Waals surface area contributed by atoms with Gasteiger partial charge in [0.15, 0.2) is 5.11 Å². The van der Waals surface area contributed by atoms with Gasteiger partial charge >= 0.3 is 0 Å². The first kappa shape index (κ1) is 22.3. The number of pyridine rings is 2. The number of benzene rings is 1. The fraction of sp³-hybridized carbons (Fsp3) is 0.250. The summed E-state index contributed by atoms with van der Waals surface area (Å²) in [6, 6.07) is 19.0. The Morgan fingerprint density at radius 2 is 1.74 bits per heavy atom. The minimum Gasteiger partial charge on any atom is -0.351 e. The third-order valence-corrected chi connectivity index (χ3v) is 6.89. The highest BCUT2D eigenvalue weighted by Crippen LogP contribution is 2.43. The van der Waals surface area contributed by atoms with Crippen LogP contribution >= 0.6 is 12.2 Å². The second-order valence-corrected chi connectivity index (χ2v) is 9.50. The van der Waals surface area contributed by atoms with E-state index in [0.717, 1.165) is 23.0 Å². The molecule has 1 fully saturated rings. The summed E-state index contributed by atoms with van der Waals surface area (Å²) in [5.41, 5.74) is 9.42. The highest BCUT2D eigenvalue weighted by atomic mass is 32.1. The van der Waals surface area contributed by atoms with E-state index in [1.165, 1.54) is 33.6 Å². The SMILES string of the molecule is Cc1cc(C)cc(N2C(=S)N[C@@H](c3ccccn3)[C@H]2c2cc(C)n(Cc3cccnc3)c2C)c1. The Balaban J connectivity index is 1.64. The molecule has 0 saturated carbocycles. The molecule has 3 aromatic heterocycles. The van der Waals surface area contributed by atoms with Crippen molar-refractivity contribution >= 4 is 23.0 Å². The minimum atomic E-state index is -0.0538. The molecule has 0 spiro atoms. The quantitative estimate of drug-likeness (QED) is 0.380. The molecule has 0 amide bonds. The van der Waals surface area contributed by atoms with Gasteiger partial charge in [0.05, 0.1) is 17.8 Å². The maximum Gasteiger partial charge on any atom is 0.174 e. The Morgan fingerprint density at radius 1 is 0.941 bits per heavy atom. The fourth-order valence-electron chi connectivity index (χ4n) is 5.08. The Kier molecular flexibility index (Phi) is 5.92. The summed E-state index contributed by atoms with van der Waals surface area (Å²) in [7, 11) is 0. The predicted molar refractivity (Wildman–Crippen MR) is 141 cm³/mol. The molecule has 172 valence electrons. The number of hydrogen-bond donors (Lipinski definition) is 1. The molecule has 0 bridgehead atoms. The summed E-state index contributed by atoms with van der Waals surface area (Å²) < 4.78 is 2.36. The Morgan fingerprint density at radius 3 is 2.41 bits per heavy atom. The van der Waals surface area contributed by atoms with E-state index in [1.807, 2.05) is 36.8 Å². The van der Waals surface area contributed by atoms with Crippen LogP contribution in [0.25, 0.3) is 0 Å². The van der Waals surface area contributed by atoms with Crippen molar-refractivity contribution in [2.75, 3.05) is 4.90 Å². The van der Waals surface area contributed by atoms with Crippen molar-refractivity contribution in [2.24, 2.45) is 0 Å². The van der Waals surface area contributed by atoms with Crippen molar-refractivity contribution < 1.29 is 0 Å². The van der Waals surface area contributed by atoms with Crippen LogP contribution in [0.1, 0.15) is 51.4 Å². The summed E-state index contributed by atoms with van der Waals surface area (Å²) in [5.74, 6) is 0. The molecule has 4 heterocycles. The van der Waals surface area contributed by atoms with Gasteiger partial charge < -0.3 is 14.8 Å². The van der Waals surface area contributed by atoms with Gasteiger partial charge in [0.25, 0.3) is 0 Å². The molecule has 34 heavy (non-hydrogen) atoms. The summed E-state index contributed by atoms with van der Waals surface area (Å²) >= 11 is 5.92. The van der Waals surface area contributed by atoms with Gasteiger partial charge in [-0.2, -0.15) is 0 Å². The van der Waals surface area contributed by atoms with Gasteiger partial charge in [-0.25, -0.2) is 0 Å². The van der Waals surface area contributed by atoms with E-state index in [1.54, 1.807) is 0 Å². The number of aromatic nitrogens is 3. The normalized spacial score (nSPS) is 17.8. The average Bonchev–Trinajstić information content (AvgIpc) is 3.30. The van der Waals surface area contributed by atoms with Crippen molar-refractivity contribution in [3.63, 3.8) is 0 Å². The molecule has 1 N–H and O–H groups in total. The molecule has 0 aliphatic carbocycles. The molecule has 0 radical (unpaired) electrons. The van der Waals surface area contributed by atoms with Crippen LogP contribution in [0.15, 0.2) is 73.2 Å². The fourth-order valence-corrected chi connectivity index (χ4v) is 5.43. The van der Waals surface area contributed by atoms with Gasteiger partial charge in [0.2, 0.25) is 0 Å². The number of anilines is 1. The van der Waals surface area contributed by atoms with Gasteiger partial charge in [-0.3, -0.25) is 9.97 Å². The summed E-state index contributed by atoms with van der Waals surface area (Å²) in [4.78, 5) is 11.3. The van der Waals surface area contributed by atoms with Gasteiger partial charge in [0, 0.05) is 42.2 Å². The summed E-state index contributed by atoms with van der Waals surface area (Å²) in [6.07, 6.45) is 5.60. The Bertz CT molecular complexity index is 1310. The predicted octanol–water partition coefficient (Wildman–Crippen LogP) is 5.74. The van der Waals surface area contributed by atoms with Crippen LogP contribution in [0.2, 0.25) is 0 Å². The van der Waals surface area contributed by atoms with Crippen LogP contribution < -0.4 is 10.2 Å². The first-order valence-electron chi connectivity index (χ1n) is 11.6. The van der Waals surface area contributed by atoms with Crippen molar-refractivity contribution in [1.82, 2.24) is 19.9 Å². The smallest absolute Gasteiger partial charge is 0.174 e. The first-order chi connectivity index (χ1) is 16.4. The van der Waals surface area contributed by atoms with Crippen LogP contribution in [0.4, 0.5) is 5.69 Å². The van der Waals surface area contributed by atoms with Crippen LogP contribution in [-0.4, -0.2) is 19.6 Å². The number of aryl methyl sites for hydroxylation is 3. The average molecular weight is 468 g/mol. The second-order valence-electron chi connectivity index (χ2n) is 9.12. The lowest BCUT2D eigenvalue weighted by molar-refractivity contribution is 0.563. The second kappa shape index (κ2) is 9.03. The van der Waals surface area contributed by atoms with Gasteiger partial charge in [-0.15, -0.1) is 0 Å². The highest BCUT2D eigenvalue weighted by molar-refractivity contribution is 7.80. The molecular formula is C28H29N5S. The van der Waals surface area contributed by atoms with Crippen molar-refractivity contribution in [3.05, 3.63) is 113 Å². The van der Waals surface area contributed by atoms with E-state index in [0.29, 0.717) is 0 Å². The highest BCUT2D eigenvalue weighted by Gasteiger charge is 2.42. The zero-order chi connectivity index (χ0) is 23.8. The molecule has 4 aromatic rings. The maximum atomic E-state index is 5.92. The molecule has 6 heteroatoms. The van der Waals surface area contributed by atoms with E-state index in [9.17, 15) is 0 Å². The number of thiocarbonyl (C=S) groups is 1. The van der Waals surface area contributed by atoms with Gasteiger partial charge in [-0.1, -0.05) is 18.2 Å². The lowest BCUT2D eigenvalue weighted by Crippen LogP contribution is -2.29. The number of nitrogens with zero attached hydrogens (tertiary/aromatic N) is 4. The zero-order valence-electron chi connectivity index (χ0n) is 20.0. The van der Waals surface area contributed by atoms with Crippen molar-refractivity contribution in [1.29, 1.82) is 0 Å². The molecule has 1 aliphatic rings. The number of rotatable bonds is 5. The Labute approximate surface area is 206 Å². The topological polar surface area (TPSA) is 46.0 Å². The standard InChI is InChI=1S/C28H29N5S/c1-18-12-19(2)14-23(13-18)33-27(26(31-28(33)34)25-9-5-6-11-30-25)24-15-20(3)32(21(24)4)17-22-8-7-10-29-16-22/h5-16,26-27H,17H2,1-4H3,(H,31,34)/t26-,27+/m0/s1. The van der Waals surface area contributed by atoms with Crippen LogP contribution in [0.3, 0.4) is 0 Å². The monoisotopic (exact) mass is 467 g/mol. The molecule has 5 nitrogen and oxygen atoms in total. The van der Waals surface area contributed by atoms with E-state index < -0.39 is 0 Å². The van der Waals surface area contributed by atoms with Gasteiger partial charge in [0.1, 0.15) is 0 Å². The van der Waals surface area contributed by atoms with Crippen LogP contribution in [0, 0.1) is 27.7 Å². The molecule has 1 aromatic carbocycles. The van der Waals surface area contributed by atoms with Crippen LogP contribution in [-0.2, 0) is 6.54 Å². The zero-order valence-corrected chi connectivity index (χ0v) is 20.8. The molecule has 5 rings (SSSR count). The van der Waals surface area contributed by atoms with E-state index in [4.69, 9.17) is 17.2 Å². The summed E-state index contributed by atoms with van der Waals surface area (Å²) in [5, 5.41) is 4.31. The lowest BCUT2D eigenvalue weighted by Gasteiger charge is -2.29. The molecule has 2 atom stereocenters. The van der Waals surface area contributed by atoms with E-state index in [-0.39, 0.29) is 12.1 Å². The molecule has 1 saturated heterocycles. The minimum absolute atomic E-state index is 0.0163. The van der Waals surface area contributed by atoms with Gasteiger partial charge in [-0.05, 0) is 98.6 Å². The van der Waals surface area contributed by atoms with Crippen molar-refractivity contribution in [2.45, 2.75) is 46.3 Å². The molecule has 1 aliphatic heterocycles. The summed E-state index contributed by atoms with van der Waals surface area (Å²) in [6.45, 7) is 9.43. The largest absolute Gasteiger partial charge is 0.351 e. The number of hydrogen-bond acceptors (Lipinski definition) is 3. The third kappa shape index (κ3) is 4.10. The lowest BCUT2D eigenvalue weighted by atomic mass is 9.96. The van der Waals surface area contributed by atoms with Crippen LogP contribution in [0.5, 0.6) is 0 Å². The van der Waals surface area contributed by atoms with Crippen molar-refractivity contribution in [3.8, 4) is 0 Å². The Hall–Kier alpha value is -3.51. The molecule has 0 unspecified atom stereocenters. The molecular weight excluding hydrogens is 438 g/mol. The van der Waals surface area contributed by atoms with E-state index >= 15 is 0 Å².